The summed E-state index contributed by atoms with van der Waals surface area (Å²) in [4.78, 5) is 51.2. The van der Waals surface area contributed by atoms with Crippen LogP contribution in [0.1, 0.15) is 12.0 Å². The minimum atomic E-state index is -1.32. The monoisotopic (exact) mass is 426 g/mol. The lowest BCUT2D eigenvalue weighted by atomic mass is 10.1. The van der Waals surface area contributed by atoms with E-state index in [1.165, 1.54) is 19.2 Å². The van der Waals surface area contributed by atoms with Gasteiger partial charge in [-0.1, -0.05) is 12.1 Å². The van der Waals surface area contributed by atoms with Gasteiger partial charge in [0, 0.05) is 18.7 Å². The van der Waals surface area contributed by atoms with Gasteiger partial charge in [0.25, 0.3) is 5.91 Å². The first-order valence-electron chi connectivity index (χ1n) is 9.27. The molecule has 0 aromatic heterocycles. The van der Waals surface area contributed by atoms with E-state index in [-0.39, 0.29) is 18.7 Å². The molecule has 0 spiro atoms. The molecule has 0 radical (unpaired) electrons. The van der Waals surface area contributed by atoms with E-state index in [2.05, 4.69) is 0 Å². The summed E-state index contributed by atoms with van der Waals surface area (Å²) in [6.07, 6.45) is 1.23. The van der Waals surface area contributed by atoms with E-state index in [4.69, 9.17) is 9.84 Å². The molecule has 0 aliphatic carbocycles. The van der Waals surface area contributed by atoms with Crippen LogP contribution < -0.4 is 9.64 Å². The van der Waals surface area contributed by atoms with Crippen LogP contribution in [0, 0.1) is 5.82 Å². The number of hydrogen-bond acceptors (Lipinski definition) is 5. The van der Waals surface area contributed by atoms with Gasteiger partial charge in [-0.05, 0) is 42.0 Å². The van der Waals surface area contributed by atoms with Crippen LogP contribution in [0.4, 0.5) is 10.1 Å². The smallest absolute Gasteiger partial charge is 0.328 e. The zero-order chi connectivity index (χ0) is 22.5. The highest BCUT2D eigenvalue weighted by Gasteiger charge is 2.44. The van der Waals surface area contributed by atoms with E-state index in [0.717, 1.165) is 28.0 Å². The Morgan fingerprint density at radius 2 is 1.77 bits per heavy atom. The fourth-order valence-corrected chi connectivity index (χ4v) is 3.23. The molecule has 8 nitrogen and oxygen atoms in total. The van der Waals surface area contributed by atoms with Gasteiger partial charge >= 0.3 is 5.97 Å². The number of anilines is 1. The number of aliphatic carboxylic acids is 1. The number of carboxylic acid groups (broad SMARTS) is 1. The number of methoxy groups -OCH3 is 1. The maximum absolute atomic E-state index is 13.2. The predicted molar refractivity (Wildman–Crippen MR) is 108 cm³/mol. The Balaban J connectivity index is 1.91. The summed E-state index contributed by atoms with van der Waals surface area (Å²) in [6, 6.07) is 10.5. The second kappa shape index (κ2) is 9.21. The molecule has 0 saturated carbocycles. The van der Waals surface area contributed by atoms with Crippen molar-refractivity contribution in [3.05, 3.63) is 72.1 Å². The number of carbonyl (C=O) groups is 4. The third-order valence-electron chi connectivity index (χ3n) is 4.75. The van der Waals surface area contributed by atoms with Crippen LogP contribution in [0.3, 0.4) is 0 Å². The molecule has 1 saturated heterocycles. The number of halogens is 1. The first-order valence-corrected chi connectivity index (χ1v) is 9.27. The number of carbonyl (C=O) groups excluding carboxylic acids is 3. The highest BCUT2D eigenvalue weighted by Crippen LogP contribution is 2.27. The minimum Gasteiger partial charge on any atom is -0.497 e. The van der Waals surface area contributed by atoms with E-state index in [0.29, 0.717) is 17.4 Å². The Bertz CT molecular complexity index is 1030. The van der Waals surface area contributed by atoms with Gasteiger partial charge in [-0.15, -0.1) is 0 Å². The molecular weight excluding hydrogens is 407 g/mol. The maximum atomic E-state index is 13.2. The van der Waals surface area contributed by atoms with Crippen LogP contribution in [0.15, 0.2) is 60.7 Å². The van der Waals surface area contributed by atoms with Crippen molar-refractivity contribution in [2.75, 3.05) is 12.0 Å². The van der Waals surface area contributed by atoms with Crippen molar-refractivity contribution in [1.29, 1.82) is 0 Å². The van der Waals surface area contributed by atoms with Gasteiger partial charge < -0.3 is 14.7 Å². The second-order valence-electron chi connectivity index (χ2n) is 6.75. The molecule has 0 bridgehead atoms. The van der Waals surface area contributed by atoms with Crippen LogP contribution in [-0.4, -0.2) is 46.8 Å². The Labute approximate surface area is 177 Å². The molecular formula is C22H19FN2O6. The number of amides is 3. The summed E-state index contributed by atoms with van der Waals surface area (Å²) in [5, 5.41) is 8.83. The fraction of sp³-hybridized carbons (Fsp3) is 0.182. The summed E-state index contributed by atoms with van der Waals surface area (Å²) < 4.78 is 18.3. The molecule has 2 aromatic rings. The van der Waals surface area contributed by atoms with Gasteiger partial charge in [-0.2, -0.15) is 0 Å². The standard InChI is InChI=1S/C22H19FN2O6/c1-31-17-8-2-14(3-9-17)13-24(19(26)10-11-21(28)29)18-12-20(27)25(22(18)30)16-6-4-15(23)5-7-16/h2-11,18H,12-13H2,1H3,(H,28,29). The molecule has 1 unspecified atom stereocenters. The SMILES string of the molecule is COc1ccc(CN(C(=O)C=CC(=O)O)C2CC(=O)N(c3ccc(F)cc3)C2=O)cc1. The minimum absolute atomic E-state index is 0.0340. The molecule has 1 atom stereocenters. The van der Waals surface area contributed by atoms with Crippen LogP contribution in [0.25, 0.3) is 0 Å². The molecule has 1 fully saturated rings. The van der Waals surface area contributed by atoms with Crippen molar-refractivity contribution in [2.45, 2.75) is 19.0 Å². The first-order chi connectivity index (χ1) is 14.8. The Hall–Kier alpha value is -4.01. The number of ether oxygens (including phenoxy) is 1. The first kappa shape index (κ1) is 21.7. The fourth-order valence-electron chi connectivity index (χ4n) is 3.23. The molecule has 3 rings (SSSR count). The van der Waals surface area contributed by atoms with Crippen molar-refractivity contribution in [1.82, 2.24) is 4.90 Å². The van der Waals surface area contributed by atoms with Crippen LogP contribution >= 0.6 is 0 Å². The van der Waals surface area contributed by atoms with Crippen molar-refractivity contribution in [3.8, 4) is 5.75 Å². The lowest BCUT2D eigenvalue weighted by Gasteiger charge is -2.26. The predicted octanol–water partition coefficient (Wildman–Crippen LogP) is 2.14. The average Bonchev–Trinajstić information content (AvgIpc) is 3.05. The normalized spacial score (nSPS) is 16.1. The highest BCUT2D eigenvalue weighted by atomic mass is 19.1. The third-order valence-corrected chi connectivity index (χ3v) is 4.75. The van der Waals surface area contributed by atoms with Gasteiger partial charge in [0.05, 0.1) is 19.2 Å². The van der Waals surface area contributed by atoms with Crippen LogP contribution in [-0.2, 0) is 25.7 Å². The molecule has 1 N–H and O–H groups in total. The molecule has 160 valence electrons. The van der Waals surface area contributed by atoms with E-state index in [1.54, 1.807) is 24.3 Å². The molecule has 1 aliphatic heterocycles. The number of benzene rings is 2. The van der Waals surface area contributed by atoms with Gasteiger partial charge in [0.15, 0.2) is 0 Å². The number of carboxylic acids is 1. The number of hydrogen-bond donors (Lipinski definition) is 1. The summed E-state index contributed by atoms with van der Waals surface area (Å²) in [7, 11) is 1.51. The molecule has 1 heterocycles. The van der Waals surface area contributed by atoms with Crippen molar-refractivity contribution >= 4 is 29.4 Å². The third kappa shape index (κ3) is 4.95. The summed E-state index contributed by atoms with van der Waals surface area (Å²) >= 11 is 0. The Morgan fingerprint density at radius 3 is 2.35 bits per heavy atom. The Kier molecular flexibility index (Phi) is 6.44. The summed E-state index contributed by atoms with van der Waals surface area (Å²) in [5.41, 5.74) is 0.843. The van der Waals surface area contributed by atoms with Crippen LogP contribution in [0.5, 0.6) is 5.75 Å². The molecule has 31 heavy (non-hydrogen) atoms. The van der Waals surface area contributed by atoms with Gasteiger partial charge in [-0.25, -0.2) is 14.1 Å². The molecule has 3 amide bonds. The number of imide groups is 1. The van der Waals surface area contributed by atoms with Gasteiger partial charge in [-0.3, -0.25) is 14.4 Å². The van der Waals surface area contributed by atoms with E-state index >= 15 is 0 Å². The lowest BCUT2D eigenvalue weighted by molar-refractivity contribution is -0.135. The summed E-state index contributed by atoms with van der Waals surface area (Å²) in [6.45, 7) is -0.0340. The van der Waals surface area contributed by atoms with Crippen molar-refractivity contribution in [3.63, 3.8) is 0 Å². The van der Waals surface area contributed by atoms with E-state index < -0.39 is 35.5 Å². The topological polar surface area (TPSA) is 104 Å². The van der Waals surface area contributed by atoms with Crippen LogP contribution in [0.2, 0.25) is 0 Å². The summed E-state index contributed by atoms with van der Waals surface area (Å²) in [5.74, 6) is -3.17. The molecule has 2 aromatic carbocycles. The van der Waals surface area contributed by atoms with E-state index in [9.17, 15) is 23.6 Å². The number of rotatable bonds is 7. The van der Waals surface area contributed by atoms with Crippen molar-refractivity contribution < 1.29 is 33.4 Å². The van der Waals surface area contributed by atoms with Crippen molar-refractivity contribution in [2.24, 2.45) is 0 Å². The zero-order valence-corrected chi connectivity index (χ0v) is 16.5. The average molecular weight is 426 g/mol. The highest BCUT2D eigenvalue weighted by molar-refractivity contribution is 6.23. The molecule has 9 heteroatoms. The van der Waals surface area contributed by atoms with E-state index in [1.807, 2.05) is 0 Å². The van der Waals surface area contributed by atoms with Gasteiger partial charge in [0.2, 0.25) is 11.8 Å². The number of nitrogens with zero attached hydrogens (tertiary/aromatic N) is 2. The largest absolute Gasteiger partial charge is 0.497 e. The van der Waals surface area contributed by atoms with Gasteiger partial charge in [0.1, 0.15) is 17.6 Å². The zero-order valence-electron chi connectivity index (χ0n) is 16.5. The maximum Gasteiger partial charge on any atom is 0.328 e. The second-order valence-corrected chi connectivity index (χ2v) is 6.75. The lowest BCUT2D eigenvalue weighted by Crippen LogP contribution is -2.44. The molecule has 1 aliphatic rings. The Morgan fingerprint density at radius 1 is 1.13 bits per heavy atom. The quantitative estimate of drug-likeness (QED) is 0.537.